The Morgan fingerprint density at radius 2 is 1.91 bits per heavy atom. The van der Waals surface area contributed by atoms with E-state index in [0.29, 0.717) is 37.4 Å². The molecule has 0 saturated carbocycles. The van der Waals surface area contributed by atoms with Gasteiger partial charge in [0.2, 0.25) is 5.91 Å². The number of nitrogens with zero attached hydrogens (tertiary/aromatic N) is 2. The minimum Gasteiger partial charge on any atom is -0.495 e. The quantitative estimate of drug-likeness (QED) is 0.930. The van der Waals surface area contributed by atoms with Crippen molar-refractivity contribution in [2.45, 2.75) is 19.8 Å². The van der Waals surface area contributed by atoms with Gasteiger partial charge in [0.1, 0.15) is 5.75 Å². The number of carbonyl (C=O) groups excluding carboxylic acids is 2. The van der Waals surface area contributed by atoms with Gasteiger partial charge in [0.05, 0.1) is 12.8 Å². The molecule has 1 aliphatic rings. The second-order valence-electron chi connectivity index (χ2n) is 6.13. The van der Waals surface area contributed by atoms with Crippen molar-refractivity contribution in [3.05, 3.63) is 23.8 Å². The second-order valence-corrected chi connectivity index (χ2v) is 6.13. The Hall–Kier alpha value is -2.24. The lowest BCUT2D eigenvalue weighted by atomic mass is 9.96. The van der Waals surface area contributed by atoms with Crippen LogP contribution in [0, 0.1) is 12.8 Å². The molecule has 1 aromatic rings. The summed E-state index contributed by atoms with van der Waals surface area (Å²) in [5.74, 6) is 0.571. The Bertz CT molecular complexity index is 578. The predicted octanol–water partition coefficient (Wildman–Crippen LogP) is 2.34. The largest absolute Gasteiger partial charge is 0.495 e. The van der Waals surface area contributed by atoms with Gasteiger partial charge in [-0.15, -0.1) is 0 Å². The monoisotopic (exact) mass is 319 g/mol. The van der Waals surface area contributed by atoms with E-state index < -0.39 is 0 Å². The molecule has 0 aromatic heterocycles. The van der Waals surface area contributed by atoms with E-state index in [9.17, 15) is 9.59 Å². The summed E-state index contributed by atoms with van der Waals surface area (Å²) in [5, 5.41) is 2.96. The van der Waals surface area contributed by atoms with Crippen molar-refractivity contribution in [1.29, 1.82) is 0 Å². The van der Waals surface area contributed by atoms with Gasteiger partial charge in [0.25, 0.3) is 0 Å². The Labute approximate surface area is 137 Å². The third-order valence-corrected chi connectivity index (χ3v) is 4.13. The van der Waals surface area contributed by atoms with Crippen molar-refractivity contribution in [3.8, 4) is 5.75 Å². The SMILES string of the molecule is COc1ccc(C)cc1NC(=O)C1CCN(C(=O)N(C)C)CC1. The van der Waals surface area contributed by atoms with E-state index in [1.807, 2.05) is 25.1 Å². The van der Waals surface area contributed by atoms with Crippen LogP contribution in [-0.4, -0.2) is 56.0 Å². The number of hydrogen-bond acceptors (Lipinski definition) is 3. The topological polar surface area (TPSA) is 61.9 Å². The lowest BCUT2D eigenvalue weighted by Crippen LogP contribution is -2.45. The van der Waals surface area contributed by atoms with E-state index in [2.05, 4.69) is 5.32 Å². The van der Waals surface area contributed by atoms with E-state index >= 15 is 0 Å². The summed E-state index contributed by atoms with van der Waals surface area (Å²) in [6.45, 7) is 3.19. The standard InChI is InChI=1S/C17H25N3O3/c1-12-5-6-15(23-4)14(11-12)18-16(21)13-7-9-20(10-8-13)17(22)19(2)3/h5-6,11,13H,7-10H2,1-4H3,(H,18,21). The maximum Gasteiger partial charge on any atom is 0.319 e. The van der Waals surface area contributed by atoms with Crippen molar-refractivity contribution in [2.24, 2.45) is 5.92 Å². The van der Waals surface area contributed by atoms with Crippen LogP contribution in [0.15, 0.2) is 18.2 Å². The van der Waals surface area contributed by atoms with E-state index in [1.54, 1.807) is 31.0 Å². The van der Waals surface area contributed by atoms with Gasteiger partial charge in [-0.3, -0.25) is 4.79 Å². The zero-order chi connectivity index (χ0) is 17.0. The summed E-state index contributed by atoms with van der Waals surface area (Å²) in [6, 6.07) is 5.70. The molecule has 2 rings (SSSR count). The third-order valence-electron chi connectivity index (χ3n) is 4.13. The van der Waals surface area contributed by atoms with Crippen molar-refractivity contribution < 1.29 is 14.3 Å². The Balaban J connectivity index is 1.96. The number of amides is 3. The lowest BCUT2D eigenvalue weighted by molar-refractivity contribution is -0.121. The van der Waals surface area contributed by atoms with E-state index in [1.165, 1.54) is 0 Å². The first-order valence-corrected chi connectivity index (χ1v) is 7.84. The average Bonchev–Trinajstić information content (AvgIpc) is 2.54. The van der Waals surface area contributed by atoms with Gasteiger partial charge in [-0.2, -0.15) is 0 Å². The first-order valence-electron chi connectivity index (χ1n) is 7.84. The van der Waals surface area contributed by atoms with Crippen LogP contribution in [0.3, 0.4) is 0 Å². The molecule has 3 amide bonds. The van der Waals surface area contributed by atoms with E-state index in [0.717, 1.165) is 5.56 Å². The first-order chi connectivity index (χ1) is 10.9. The highest BCUT2D eigenvalue weighted by Crippen LogP contribution is 2.27. The predicted molar refractivity (Wildman–Crippen MR) is 89.7 cm³/mol. The van der Waals surface area contributed by atoms with Gasteiger partial charge < -0.3 is 19.9 Å². The number of urea groups is 1. The molecule has 1 fully saturated rings. The summed E-state index contributed by atoms with van der Waals surface area (Å²) >= 11 is 0. The zero-order valence-corrected chi connectivity index (χ0v) is 14.3. The van der Waals surface area contributed by atoms with Crippen LogP contribution in [0.4, 0.5) is 10.5 Å². The van der Waals surface area contributed by atoms with Gasteiger partial charge >= 0.3 is 6.03 Å². The molecule has 1 aliphatic heterocycles. The first kappa shape index (κ1) is 17.1. The summed E-state index contributed by atoms with van der Waals surface area (Å²) in [6.07, 6.45) is 1.36. The molecule has 0 unspecified atom stereocenters. The number of likely N-dealkylation sites (tertiary alicyclic amines) is 1. The molecule has 0 aliphatic carbocycles. The molecule has 0 bridgehead atoms. The summed E-state index contributed by atoms with van der Waals surface area (Å²) in [7, 11) is 5.07. The lowest BCUT2D eigenvalue weighted by Gasteiger charge is -2.33. The molecule has 0 spiro atoms. The number of anilines is 1. The molecular formula is C17H25N3O3. The number of aryl methyl sites for hydroxylation is 1. The molecule has 0 atom stereocenters. The van der Waals surface area contributed by atoms with Crippen LogP contribution in [0.2, 0.25) is 0 Å². The Kier molecular flexibility index (Phi) is 5.47. The van der Waals surface area contributed by atoms with Gasteiger partial charge in [0.15, 0.2) is 0 Å². The van der Waals surface area contributed by atoms with Crippen LogP contribution in [0.25, 0.3) is 0 Å². The average molecular weight is 319 g/mol. The molecule has 1 N–H and O–H groups in total. The minimum atomic E-state index is -0.0774. The van der Waals surface area contributed by atoms with Crippen LogP contribution >= 0.6 is 0 Å². The maximum absolute atomic E-state index is 12.5. The smallest absolute Gasteiger partial charge is 0.319 e. The Morgan fingerprint density at radius 1 is 1.26 bits per heavy atom. The second kappa shape index (κ2) is 7.35. The fourth-order valence-corrected chi connectivity index (χ4v) is 2.77. The Morgan fingerprint density at radius 3 is 2.48 bits per heavy atom. The van der Waals surface area contributed by atoms with Crippen molar-refractivity contribution in [1.82, 2.24) is 9.80 Å². The highest BCUT2D eigenvalue weighted by Gasteiger charge is 2.28. The van der Waals surface area contributed by atoms with Crippen LogP contribution in [0.1, 0.15) is 18.4 Å². The van der Waals surface area contributed by atoms with E-state index in [-0.39, 0.29) is 17.9 Å². The zero-order valence-electron chi connectivity index (χ0n) is 14.3. The summed E-state index contributed by atoms with van der Waals surface area (Å²) in [5.41, 5.74) is 1.76. The number of hydrogen-bond donors (Lipinski definition) is 1. The van der Waals surface area contributed by atoms with Crippen LogP contribution in [0.5, 0.6) is 5.75 Å². The number of ether oxygens (including phenoxy) is 1. The van der Waals surface area contributed by atoms with Crippen LogP contribution < -0.4 is 10.1 Å². The van der Waals surface area contributed by atoms with Crippen molar-refractivity contribution in [3.63, 3.8) is 0 Å². The fourth-order valence-electron chi connectivity index (χ4n) is 2.77. The summed E-state index contributed by atoms with van der Waals surface area (Å²) in [4.78, 5) is 27.8. The van der Waals surface area contributed by atoms with Crippen molar-refractivity contribution in [2.75, 3.05) is 39.6 Å². The van der Waals surface area contributed by atoms with Gasteiger partial charge in [0, 0.05) is 33.1 Å². The highest BCUT2D eigenvalue weighted by molar-refractivity contribution is 5.94. The maximum atomic E-state index is 12.5. The molecular weight excluding hydrogens is 294 g/mol. The number of methoxy groups -OCH3 is 1. The number of benzene rings is 1. The fraction of sp³-hybridized carbons (Fsp3) is 0.529. The number of carbonyl (C=O) groups is 2. The van der Waals surface area contributed by atoms with Gasteiger partial charge in [-0.05, 0) is 37.5 Å². The summed E-state index contributed by atoms with van der Waals surface area (Å²) < 4.78 is 5.29. The minimum absolute atomic E-state index is 0.00390. The van der Waals surface area contributed by atoms with Gasteiger partial charge in [-0.25, -0.2) is 4.79 Å². The molecule has 126 valence electrons. The molecule has 1 saturated heterocycles. The van der Waals surface area contributed by atoms with Crippen molar-refractivity contribution >= 4 is 17.6 Å². The van der Waals surface area contributed by atoms with Crippen LogP contribution in [-0.2, 0) is 4.79 Å². The molecule has 23 heavy (non-hydrogen) atoms. The highest BCUT2D eigenvalue weighted by atomic mass is 16.5. The number of piperidine rings is 1. The molecule has 1 heterocycles. The molecule has 6 nitrogen and oxygen atoms in total. The normalized spacial score (nSPS) is 15.2. The molecule has 0 radical (unpaired) electrons. The van der Waals surface area contributed by atoms with E-state index in [4.69, 9.17) is 4.74 Å². The number of rotatable bonds is 3. The molecule has 6 heteroatoms. The third kappa shape index (κ3) is 4.15. The molecule has 1 aromatic carbocycles. The number of nitrogens with one attached hydrogen (secondary N) is 1. The van der Waals surface area contributed by atoms with Gasteiger partial charge in [-0.1, -0.05) is 6.07 Å².